The van der Waals surface area contributed by atoms with Gasteiger partial charge in [0.05, 0.1) is 11.4 Å². The molecule has 1 atom stereocenters. The number of benzene rings is 1. The van der Waals surface area contributed by atoms with E-state index in [1.807, 2.05) is 24.3 Å². The Morgan fingerprint density at radius 3 is 2.92 bits per heavy atom. The van der Waals surface area contributed by atoms with Gasteiger partial charge < -0.3 is 10.6 Å². The average molecular weight is 359 g/mol. The summed E-state index contributed by atoms with van der Waals surface area (Å²) < 4.78 is -1.21. The summed E-state index contributed by atoms with van der Waals surface area (Å²) in [5.41, 5.74) is 1.85. The average Bonchev–Trinajstić information content (AvgIpc) is 2.98. The van der Waals surface area contributed by atoms with E-state index in [1.54, 1.807) is 6.92 Å². The normalized spacial score (nSPS) is 22.3. The molecule has 7 heteroatoms. The zero-order valence-electron chi connectivity index (χ0n) is 13.2. The predicted octanol–water partition coefficient (Wildman–Crippen LogP) is 3.46. The lowest BCUT2D eigenvalue weighted by Crippen LogP contribution is -2.49. The van der Waals surface area contributed by atoms with Crippen LogP contribution in [-0.2, 0) is 22.4 Å². The van der Waals surface area contributed by atoms with Gasteiger partial charge in [0.25, 0.3) is 5.91 Å². The molecule has 2 N–H and O–H groups in total. The fraction of sp³-hybridized carbons (Fsp3) is 0.353. The van der Waals surface area contributed by atoms with Gasteiger partial charge in [0.15, 0.2) is 9.88 Å². The summed E-state index contributed by atoms with van der Waals surface area (Å²) in [6.07, 6.45) is 4.33. The van der Waals surface area contributed by atoms with Gasteiger partial charge >= 0.3 is 0 Å². The number of hydrogen-bond donors (Lipinski definition) is 2. The first-order chi connectivity index (χ1) is 11.6. The minimum Gasteiger partial charge on any atom is -0.323 e. The molecule has 2 aromatic rings. The van der Waals surface area contributed by atoms with E-state index in [9.17, 15) is 9.59 Å². The van der Waals surface area contributed by atoms with Crippen molar-refractivity contribution in [2.75, 3.05) is 10.6 Å². The number of hydrogen-bond acceptors (Lipinski definition) is 5. The van der Waals surface area contributed by atoms with E-state index in [2.05, 4.69) is 15.6 Å². The topological polar surface area (TPSA) is 71.1 Å². The second kappa shape index (κ2) is 5.89. The fourth-order valence-corrected chi connectivity index (χ4v) is 5.09. The van der Waals surface area contributed by atoms with Gasteiger partial charge in [-0.2, -0.15) is 0 Å². The molecule has 2 heterocycles. The van der Waals surface area contributed by atoms with Crippen molar-refractivity contribution in [3.8, 4) is 0 Å². The zero-order chi connectivity index (χ0) is 16.7. The van der Waals surface area contributed by atoms with Crippen molar-refractivity contribution in [1.82, 2.24) is 4.98 Å². The molecule has 0 bridgehead atoms. The Hall–Kier alpha value is -1.86. The van der Waals surface area contributed by atoms with E-state index in [0.717, 1.165) is 35.5 Å². The van der Waals surface area contributed by atoms with Crippen molar-refractivity contribution < 1.29 is 9.59 Å². The van der Waals surface area contributed by atoms with Gasteiger partial charge in [-0.1, -0.05) is 23.9 Å². The van der Waals surface area contributed by atoms with Crippen LogP contribution in [0.25, 0.3) is 0 Å². The summed E-state index contributed by atoms with van der Waals surface area (Å²) in [5, 5.41) is 6.28. The Labute approximate surface area is 148 Å². The van der Waals surface area contributed by atoms with Gasteiger partial charge in [-0.25, -0.2) is 4.98 Å². The van der Waals surface area contributed by atoms with Gasteiger partial charge in [0.2, 0.25) is 5.91 Å². The maximum Gasteiger partial charge on any atom is 0.252 e. The number of amides is 2. The van der Waals surface area contributed by atoms with Crippen LogP contribution in [0, 0.1) is 0 Å². The fourth-order valence-electron chi connectivity index (χ4n) is 2.94. The summed E-state index contributed by atoms with van der Waals surface area (Å²) in [6, 6.07) is 7.51. The van der Waals surface area contributed by atoms with Crippen LogP contribution in [-0.4, -0.2) is 21.5 Å². The molecule has 0 fully saturated rings. The van der Waals surface area contributed by atoms with Crippen LogP contribution >= 0.6 is 23.1 Å². The first-order valence-corrected chi connectivity index (χ1v) is 9.59. The van der Waals surface area contributed by atoms with Gasteiger partial charge in [-0.3, -0.25) is 9.59 Å². The Balaban J connectivity index is 1.57. The van der Waals surface area contributed by atoms with Crippen molar-refractivity contribution in [2.24, 2.45) is 0 Å². The van der Waals surface area contributed by atoms with Crippen LogP contribution in [0.5, 0.6) is 0 Å². The number of thiazole rings is 1. The molecule has 0 spiro atoms. The smallest absolute Gasteiger partial charge is 0.252 e. The highest BCUT2D eigenvalue weighted by atomic mass is 32.2. The number of rotatable bonds is 2. The predicted molar refractivity (Wildman–Crippen MR) is 96.7 cm³/mol. The van der Waals surface area contributed by atoms with Gasteiger partial charge in [0.1, 0.15) is 0 Å². The third-order valence-corrected chi connectivity index (χ3v) is 6.81. The Morgan fingerprint density at radius 1 is 1.29 bits per heavy atom. The first kappa shape index (κ1) is 15.7. The van der Waals surface area contributed by atoms with E-state index < -0.39 is 4.75 Å². The molecule has 1 aromatic heterocycles. The molecule has 0 saturated heterocycles. The van der Waals surface area contributed by atoms with Crippen LogP contribution in [0.4, 0.5) is 10.8 Å². The Kier molecular flexibility index (Phi) is 3.85. The number of carbonyl (C=O) groups is 2. The SMILES string of the molecule is CC1(C(=O)Nc2nc3c(s2)CCCC3)Sc2ccccc2NC1=O. The van der Waals surface area contributed by atoms with Crippen molar-refractivity contribution in [3.05, 3.63) is 34.8 Å². The maximum atomic E-state index is 12.8. The molecule has 24 heavy (non-hydrogen) atoms. The number of aromatic nitrogens is 1. The van der Waals surface area contributed by atoms with Crippen molar-refractivity contribution in [1.29, 1.82) is 0 Å². The molecule has 5 nitrogen and oxygen atoms in total. The first-order valence-electron chi connectivity index (χ1n) is 7.96. The molecule has 1 unspecified atom stereocenters. The summed E-state index contributed by atoms with van der Waals surface area (Å²) in [6.45, 7) is 1.66. The second-order valence-corrected chi connectivity index (χ2v) is 8.68. The molecule has 1 aliphatic carbocycles. The molecule has 0 radical (unpaired) electrons. The molecule has 0 saturated carbocycles. The van der Waals surface area contributed by atoms with Gasteiger partial charge in [0, 0.05) is 9.77 Å². The van der Waals surface area contributed by atoms with Crippen LogP contribution in [0.15, 0.2) is 29.2 Å². The third kappa shape index (κ3) is 2.61. The quantitative estimate of drug-likeness (QED) is 0.806. The maximum absolute atomic E-state index is 12.8. The number of carbonyl (C=O) groups excluding carboxylic acids is 2. The van der Waals surface area contributed by atoms with Crippen LogP contribution in [0.2, 0.25) is 0 Å². The number of fused-ring (bicyclic) bond motifs is 2. The molecular formula is C17H17N3O2S2. The summed E-state index contributed by atoms with van der Waals surface area (Å²) in [5.74, 6) is -0.629. The third-order valence-electron chi connectivity index (χ3n) is 4.38. The van der Waals surface area contributed by atoms with Crippen molar-refractivity contribution in [3.63, 3.8) is 0 Å². The van der Waals surface area contributed by atoms with Crippen molar-refractivity contribution >= 4 is 45.7 Å². The number of anilines is 2. The number of aryl methyl sites for hydroxylation is 2. The highest BCUT2D eigenvalue weighted by Crippen LogP contribution is 2.43. The highest BCUT2D eigenvalue weighted by Gasteiger charge is 2.46. The van der Waals surface area contributed by atoms with E-state index in [4.69, 9.17) is 0 Å². The second-order valence-electron chi connectivity index (χ2n) is 6.14. The number of nitrogens with one attached hydrogen (secondary N) is 2. The monoisotopic (exact) mass is 359 g/mol. The van der Waals surface area contributed by atoms with Crippen molar-refractivity contribution in [2.45, 2.75) is 42.2 Å². The number of para-hydroxylation sites is 1. The largest absolute Gasteiger partial charge is 0.323 e. The lowest BCUT2D eigenvalue weighted by atomic mass is 10.0. The van der Waals surface area contributed by atoms with E-state index in [0.29, 0.717) is 5.13 Å². The van der Waals surface area contributed by atoms with E-state index in [1.165, 1.54) is 34.4 Å². The highest BCUT2D eigenvalue weighted by molar-refractivity contribution is 8.02. The molecule has 2 aliphatic rings. The Morgan fingerprint density at radius 2 is 2.08 bits per heavy atom. The molecule has 124 valence electrons. The van der Waals surface area contributed by atoms with Crippen LogP contribution < -0.4 is 10.6 Å². The number of thioether (sulfide) groups is 1. The van der Waals surface area contributed by atoms with E-state index >= 15 is 0 Å². The molecular weight excluding hydrogens is 342 g/mol. The summed E-state index contributed by atoms with van der Waals surface area (Å²) in [7, 11) is 0. The Bertz CT molecular complexity index is 809. The minimum atomic E-state index is -1.21. The van der Waals surface area contributed by atoms with Gasteiger partial charge in [-0.05, 0) is 44.7 Å². The van der Waals surface area contributed by atoms with Crippen LogP contribution in [0.1, 0.15) is 30.3 Å². The lowest BCUT2D eigenvalue weighted by Gasteiger charge is -2.31. The molecule has 2 amide bonds. The summed E-state index contributed by atoms with van der Waals surface area (Å²) in [4.78, 5) is 32.0. The van der Waals surface area contributed by atoms with Crippen LogP contribution in [0.3, 0.4) is 0 Å². The summed E-state index contributed by atoms with van der Waals surface area (Å²) >= 11 is 2.81. The van der Waals surface area contributed by atoms with Gasteiger partial charge in [-0.15, -0.1) is 11.3 Å². The molecule has 1 aliphatic heterocycles. The number of nitrogens with zero attached hydrogens (tertiary/aromatic N) is 1. The molecule has 1 aromatic carbocycles. The lowest BCUT2D eigenvalue weighted by molar-refractivity contribution is -0.126. The molecule has 4 rings (SSSR count). The minimum absolute atomic E-state index is 0.301. The standard InChI is InChI=1S/C17H17N3O2S2/c1-17(14(21)18-11-7-3-5-9-13(11)24-17)15(22)20-16-19-10-6-2-4-8-12(10)23-16/h3,5,7,9H,2,4,6,8H2,1H3,(H,18,21)(H,19,20,22). The van der Waals surface area contributed by atoms with E-state index in [-0.39, 0.29) is 11.8 Å². The zero-order valence-corrected chi connectivity index (χ0v) is 14.9.